The van der Waals surface area contributed by atoms with Crippen LogP contribution in [-0.2, 0) is 9.59 Å². The van der Waals surface area contributed by atoms with Crippen molar-refractivity contribution in [1.29, 1.82) is 0 Å². The Hall–Kier alpha value is 0.135. The Kier molecular flexibility index (Phi) is 14.5. The zero-order chi connectivity index (χ0) is 5.86. The fourth-order valence-electron chi connectivity index (χ4n) is 0.129. The van der Waals surface area contributed by atoms with Gasteiger partial charge in [0, 0.05) is 0 Å². The molecule has 0 saturated carbocycles. The third-order valence-corrected chi connectivity index (χ3v) is 0.302. The molecule has 0 aromatic rings. The van der Waals surface area contributed by atoms with Gasteiger partial charge in [0.1, 0.15) is 6.42 Å². The van der Waals surface area contributed by atoms with E-state index in [1.54, 1.807) is 0 Å². The molecular formula is C3H6Li2O4. The van der Waals surface area contributed by atoms with E-state index in [2.05, 4.69) is 0 Å². The van der Waals surface area contributed by atoms with Gasteiger partial charge in [-0.2, -0.15) is 0 Å². The predicted octanol–water partition coefficient (Wildman–Crippen LogP) is -1.75. The SMILES string of the molecule is O=C(O)CC(=O)O.[LiH].[LiH]. The molecule has 0 aromatic heterocycles. The fraction of sp³-hybridized carbons (Fsp3) is 0.333. The topological polar surface area (TPSA) is 74.6 Å². The van der Waals surface area contributed by atoms with Crippen molar-refractivity contribution in [2.24, 2.45) is 0 Å². The summed E-state index contributed by atoms with van der Waals surface area (Å²) in [6, 6.07) is 0. The van der Waals surface area contributed by atoms with Crippen LogP contribution in [0.25, 0.3) is 0 Å². The van der Waals surface area contributed by atoms with Crippen LogP contribution >= 0.6 is 0 Å². The molecule has 0 atom stereocenters. The molecule has 0 aliphatic carbocycles. The van der Waals surface area contributed by atoms with Gasteiger partial charge in [-0.1, -0.05) is 0 Å². The first-order valence-corrected chi connectivity index (χ1v) is 1.56. The normalized spacial score (nSPS) is 6.22. The monoisotopic (exact) mass is 120 g/mol. The molecule has 4 nitrogen and oxygen atoms in total. The van der Waals surface area contributed by atoms with Crippen molar-refractivity contribution in [3.05, 3.63) is 0 Å². The van der Waals surface area contributed by atoms with Crippen molar-refractivity contribution in [3.63, 3.8) is 0 Å². The average Bonchev–Trinajstić information content (AvgIpc) is 1.27. The second-order valence-electron chi connectivity index (χ2n) is 0.964. The second-order valence-corrected chi connectivity index (χ2v) is 0.964. The molecule has 0 saturated heterocycles. The van der Waals surface area contributed by atoms with E-state index in [9.17, 15) is 9.59 Å². The average molecular weight is 120 g/mol. The molecule has 0 heterocycles. The van der Waals surface area contributed by atoms with Crippen molar-refractivity contribution >= 4 is 49.7 Å². The molecule has 44 valence electrons. The van der Waals surface area contributed by atoms with Crippen molar-refractivity contribution in [1.82, 2.24) is 0 Å². The van der Waals surface area contributed by atoms with Crippen LogP contribution in [0, 0.1) is 0 Å². The summed E-state index contributed by atoms with van der Waals surface area (Å²) in [4.78, 5) is 18.9. The van der Waals surface area contributed by atoms with E-state index in [4.69, 9.17) is 10.2 Å². The summed E-state index contributed by atoms with van der Waals surface area (Å²) in [7, 11) is 0. The zero-order valence-electron chi connectivity index (χ0n) is 3.42. The first kappa shape index (κ1) is 16.1. The van der Waals surface area contributed by atoms with Gasteiger partial charge >= 0.3 is 49.7 Å². The van der Waals surface area contributed by atoms with E-state index in [1.807, 2.05) is 0 Å². The number of hydrogen-bond donors (Lipinski definition) is 2. The van der Waals surface area contributed by atoms with Crippen LogP contribution in [-0.4, -0.2) is 59.9 Å². The Morgan fingerprint density at radius 3 is 1.22 bits per heavy atom. The quantitative estimate of drug-likeness (QED) is 0.334. The summed E-state index contributed by atoms with van der Waals surface area (Å²) in [5, 5.41) is 15.4. The molecule has 0 spiro atoms. The zero-order valence-corrected chi connectivity index (χ0v) is 3.42. The predicted molar refractivity (Wildman–Crippen MR) is 34.2 cm³/mol. The van der Waals surface area contributed by atoms with E-state index < -0.39 is 18.4 Å². The molecule has 0 aliphatic rings. The molecule has 2 N–H and O–H groups in total. The summed E-state index contributed by atoms with van der Waals surface area (Å²) in [5.74, 6) is -2.62. The number of aliphatic carboxylic acids is 2. The number of rotatable bonds is 2. The first-order chi connectivity index (χ1) is 3.13. The number of carbonyl (C=O) groups is 2. The Balaban J connectivity index is -0.000000180. The van der Waals surface area contributed by atoms with Crippen LogP contribution in [0.5, 0.6) is 0 Å². The van der Waals surface area contributed by atoms with Crippen LogP contribution in [0.15, 0.2) is 0 Å². The van der Waals surface area contributed by atoms with Crippen molar-refractivity contribution < 1.29 is 19.8 Å². The Bertz CT molecular complexity index is 90.0. The molecule has 0 rings (SSSR count). The minimum atomic E-state index is -1.31. The Labute approximate surface area is 76.0 Å². The summed E-state index contributed by atoms with van der Waals surface area (Å²) in [6.45, 7) is 0. The molecule has 9 heavy (non-hydrogen) atoms. The van der Waals surface area contributed by atoms with Crippen LogP contribution < -0.4 is 0 Å². The van der Waals surface area contributed by atoms with E-state index >= 15 is 0 Å². The second kappa shape index (κ2) is 8.13. The van der Waals surface area contributed by atoms with Crippen LogP contribution in [0.3, 0.4) is 0 Å². The molecule has 0 fully saturated rings. The molecule has 0 aromatic carbocycles. The molecule has 6 heteroatoms. The minimum absolute atomic E-state index is 0. The Morgan fingerprint density at radius 2 is 1.22 bits per heavy atom. The Morgan fingerprint density at radius 1 is 1.00 bits per heavy atom. The third kappa shape index (κ3) is 17.9. The fourth-order valence-corrected chi connectivity index (χ4v) is 0.129. The molecule has 0 radical (unpaired) electrons. The number of carboxylic acids is 2. The van der Waals surface area contributed by atoms with Gasteiger partial charge in [-0.05, 0) is 0 Å². The van der Waals surface area contributed by atoms with Crippen molar-refractivity contribution in [2.45, 2.75) is 6.42 Å². The number of carboxylic acid groups (broad SMARTS) is 2. The maximum atomic E-state index is 9.43. The summed E-state index contributed by atoms with van der Waals surface area (Å²) >= 11 is 0. The van der Waals surface area contributed by atoms with Crippen LogP contribution in [0.1, 0.15) is 6.42 Å². The van der Waals surface area contributed by atoms with Gasteiger partial charge in [-0.15, -0.1) is 0 Å². The summed E-state index contributed by atoms with van der Waals surface area (Å²) in [6.07, 6.45) is -0.806. The van der Waals surface area contributed by atoms with Crippen molar-refractivity contribution in [3.8, 4) is 0 Å². The van der Waals surface area contributed by atoms with Gasteiger partial charge in [0.05, 0.1) is 0 Å². The van der Waals surface area contributed by atoms with E-state index in [0.29, 0.717) is 0 Å². The van der Waals surface area contributed by atoms with Crippen LogP contribution in [0.2, 0.25) is 0 Å². The van der Waals surface area contributed by atoms with Gasteiger partial charge < -0.3 is 10.2 Å². The molecule has 0 aliphatic heterocycles. The van der Waals surface area contributed by atoms with E-state index in [-0.39, 0.29) is 37.7 Å². The standard InChI is InChI=1S/C3H4O4.2Li.2H/c4-2(5)1-3(6)7;;;;/h1H2,(H,4,5)(H,6,7);;;;. The maximum absolute atomic E-state index is 9.43. The summed E-state index contributed by atoms with van der Waals surface area (Å²) in [5.41, 5.74) is 0. The van der Waals surface area contributed by atoms with Crippen molar-refractivity contribution in [2.75, 3.05) is 0 Å². The molecule has 0 unspecified atom stereocenters. The van der Waals surface area contributed by atoms with Gasteiger partial charge in [-0.25, -0.2) is 0 Å². The first-order valence-electron chi connectivity index (χ1n) is 1.56. The van der Waals surface area contributed by atoms with Gasteiger partial charge in [0.25, 0.3) is 0 Å². The van der Waals surface area contributed by atoms with Gasteiger partial charge in [0.2, 0.25) is 0 Å². The van der Waals surface area contributed by atoms with Crippen LogP contribution in [0.4, 0.5) is 0 Å². The molecule has 0 amide bonds. The van der Waals surface area contributed by atoms with Gasteiger partial charge in [-0.3, -0.25) is 9.59 Å². The molecular weight excluding hydrogens is 114 g/mol. The summed E-state index contributed by atoms with van der Waals surface area (Å²) < 4.78 is 0. The van der Waals surface area contributed by atoms with E-state index in [1.165, 1.54) is 0 Å². The van der Waals surface area contributed by atoms with E-state index in [0.717, 1.165) is 0 Å². The van der Waals surface area contributed by atoms with Gasteiger partial charge in [0.15, 0.2) is 0 Å². The molecule has 0 bridgehead atoms. The number of hydrogen-bond acceptors (Lipinski definition) is 2. The third-order valence-electron chi connectivity index (χ3n) is 0.302.